The molecule has 172 valence electrons. The predicted octanol–water partition coefficient (Wildman–Crippen LogP) is 3.65. The number of nitrogens with one attached hydrogen (secondary N) is 2. The smallest absolute Gasteiger partial charge is 0.406 e. The van der Waals surface area contributed by atoms with Crippen LogP contribution < -0.4 is 20.9 Å². The highest BCUT2D eigenvalue weighted by molar-refractivity contribution is 6.02. The van der Waals surface area contributed by atoms with Gasteiger partial charge in [-0.3, -0.25) is 14.4 Å². The Kier molecular flexibility index (Phi) is 6.80. The van der Waals surface area contributed by atoms with Crippen molar-refractivity contribution in [2.45, 2.75) is 26.8 Å². The molecule has 0 saturated heterocycles. The van der Waals surface area contributed by atoms with Crippen molar-refractivity contribution in [1.29, 1.82) is 0 Å². The average molecular weight is 460 g/mol. The molecule has 2 N–H and O–H groups in total. The SMILES string of the molecule is Cc1ccc(NC(=O)c2ccc(=O)n(CC(=O)Nc3ccc(OC(F)(F)F)cc3)n2)cc1C. The van der Waals surface area contributed by atoms with Crippen LogP contribution in [-0.2, 0) is 11.3 Å². The summed E-state index contributed by atoms with van der Waals surface area (Å²) in [5.74, 6) is -1.67. The molecule has 0 bridgehead atoms. The number of amides is 2. The van der Waals surface area contributed by atoms with Gasteiger partial charge in [-0.2, -0.15) is 5.10 Å². The Morgan fingerprint density at radius 3 is 2.24 bits per heavy atom. The van der Waals surface area contributed by atoms with Gasteiger partial charge in [-0.1, -0.05) is 6.07 Å². The zero-order chi connectivity index (χ0) is 24.2. The molecule has 3 rings (SSSR count). The van der Waals surface area contributed by atoms with Gasteiger partial charge in [0.15, 0.2) is 0 Å². The Balaban J connectivity index is 1.66. The third-order valence-corrected chi connectivity index (χ3v) is 4.53. The largest absolute Gasteiger partial charge is 0.573 e. The number of aromatic nitrogens is 2. The van der Waals surface area contributed by atoms with Crippen LogP contribution in [-0.4, -0.2) is 28.0 Å². The van der Waals surface area contributed by atoms with Crippen LogP contribution in [0.15, 0.2) is 59.4 Å². The van der Waals surface area contributed by atoms with E-state index in [4.69, 9.17) is 0 Å². The number of carbonyl (C=O) groups excluding carboxylic acids is 2. The van der Waals surface area contributed by atoms with Crippen molar-refractivity contribution < 1.29 is 27.5 Å². The number of nitrogens with zero attached hydrogens (tertiary/aromatic N) is 2. The molecule has 2 aromatic carbocycles. The van der Waals surface area contributed by atoms with Crippen LogP contribution >= 0.6 is 0 Å². The quantitative estimate of drug-likeness (QED) is 0.585. The first-order valence-corrected chi connectivity index (χ1v) is 9.62. The Morgan fingerprint density at radius 2 is 1.61 bits per heavy atom. The first-order chi connectivity index (χ1) is 15.5. The molecular formula is C22H19F3N4O4. The molecule has 0 aliphatic heterocycles. The average Bonchev–Trinajstić information content (AvgIpc) is 2.72. The molecule has 8 nitrogen and oxygen atoms in total. The van der Waals surface area contributed by atoms with E-state index in [9.17, 15) is 27.6 Å². The third-order valence-electron chi connectivity index (χ3n) is 4.53. The summed E-state index contributed by atoms with van der Waals surface area (Å²) in [5.41, 5.74) is 2.11. The highest BCUT2D eigenvalue weighted by Gasteiger charge is 2.31. The van der Waals surface area contributed by atoms with Crippen LogP contribution in [0.25, 0.3) is 0 Å². The molecule has 0 fully saturated rings. The zero-order valence-electron chi connectivity index (χ0n) is 17.6. The number of benzene rings is 2. The Bertz CT molecular complexity index is 1240. The molecule has 0 radical (unpaired) electrons. The van der Waals surface area contributed by atoms with Crippen molar-refractivity contribution >= 4 is 23.2 Å². The van der Waals surface area contributed by atoms with Gasteiger partial charge in [0.25, 0.3) is 11.5 Å². The molecular weight excluding hydrogens is 441 g/mol. The van der Waals surface area contributed by atoms with E-state index >= 15 is 0 Å². The van der Waals surface area contributed by atoms with E-state index in [1.165, 1.54) is 18.2 Å². The molecule has 2 amide bonds. The van der Waals surface area contributed by atoms with Crippen molar-refractivity contribution in [2.75, 3.05) is 10.6 Å². The predicted molar refractivity (Wildman–Crippen MR) is 114 cm³/mol. The molecule has 1 heterocycles. The van der Waals surface area contributed by atoms with Crippen LogP contribution in [0.4, 0.5) is 24.5 Å². The summed E-state index contributed by atoms with van der Waals surface area (Å²) in [4.78, 5) is 36.8. The molecule has 0 atom stereocenters. The van der Waals surface area contributed by atoms with Gasteiger partial charge in [0.05, 0.1) is 0 Å². The van der Waals surface area contributed by atoms with E-state index in [1.54, 1.807) is 12.1 Å². The first kappa shape index (κ1) is 23.5. The van der Waals surface area contributed by atoms with Crippen LogP contribution in [0.2, 0.25) is 0 Å². The highest BCUT2D eigenvalue weighted by Crippen LogP contribution is 2.24. The summed E-state index contributed by atoms with van der Waals surface area (Å²) in [6, 6.07) is 12.2. The van der Waals surface area contributed by atoms with Gasteiger partial charge in [-0.05, 0) is 67.4 Å². The Morgan fingerprint density at radius 1 is 0.939 bits per heavy atom. The van der Waals surface area contributed by atoms with Gasteiger partial charge in [-0.15, -0.1) is 13.2 Å². The second-order valence-electron chi connectivity index (χ2n) is 7.09. The molecule has 3 aromatic rings. The van der Waals surface area contributed by atoms with Crippen molar-refractivity contribution in [2.24, 2.45) is 0 Å². The topological polar surface area (TPSA) is 102 Å². The summed E-state index contributed by atoms with van der Waals surface area (Å²) in [5, 5.41) is 9.04. The molecule has 0 aliphatic carbocycles. The summed E-state index contributed by atoms with van der Waals surface area (Å²) >= 11 is 0. The monoisotopic (exact) mass is 460 g/mol. The van der Waals surface area contributed by atoms with Gasteiger partial charge in [-0.25, -0.2) is 4.68 Å². The van der Waals surface area contributed by atoms with E-state index < -0.39 is 36.0 Å². The first-order valence-electron chi connectivity index (χ1n) is 9.62. The van der Waals surface area contributed by atoms with Crippen LogP contribution in [0.3, 0.4) is 0 Å². The second kappa shape index (κ2) is 9.55. The van der Waals surface area contributed by atoms with Crippen molar-refractivity contribution in [3.8, 4) is 5.75 Å². The fraction of sp³-hybridized carbons (Fsp3) is 0.182. The van der Waals surface area contributed by atoms with Crippen molar-refractivity contribution in [3.63, 3.8) is 0 Å². The maximum absolute atomic E-state index is 12.5. The molecule has 33 heavy (non-hydrogen) atoms. The lowest BCUT2D eigenvalue weighted by Crippen LogP contribution is -2.31. The van der Waals surface area contributed by atoms with Gasteiger partial charge in [0, 0.05) is 17.4 Å². The Hall–Kier alpha value is -4.15. The van der Waals surface area contributed by atoms with Crippen LogP contribution in [0, 0.1) is 13.8 Å². The number of halogens is 3. The minimum absolute atomic E-state index is 0.0747. The molecule has 0 aliphatic rings. The summed E-state index contributed by atoms with van der Waals surface area (Å²) in [6.45, 7) is 3.33. The van der Waals surface area contributed by atoms with E-state index in [2.05, 4.69) is 20.5 Å². The summed E-state index contributed by atoms with van der Waals surface area (Å²) in [7, 11) is 0. The van der Waals surface area contributed by atoms with Gasteiger partial charge < -0.3 is 15.4 Å². The second-order valence-corrected chi connectivity index (χ2v) is 7.09. The summed E-state index contributed by atoms with van der Waals surface area (Å²) in [6.07, 6.45) is -4.83. The van der Waals surface area contributed by atoms with Crippen LogP contribution in [0.1, 0.15) is 21.6 Å². The lowest BCUT2D eigenvalue weighted by Gasteiger charge is -2.11. The third kappa shape index (κ3) is 6.66. The molecule has 0 unspecified atom stereocenters. The number of rotatable bonds is 6. The van der Waals surface area contributed by atoms with Crippen molar-refractivity contribution in [3.05, 3.63) is 81.8 Å². The lowest BCUT2D eigenvalue weighted by atomic mass is 10.1. The van der Waals surface area contributed by atoms with Gasteiger partial charge in [0.1, 0.15) is 18.0 Å². The number of hydrogen-bond donors (Lipinski definition) is 2. The van der Waals surface area contributed by atoms with Crippen LogP contribution in [0.5, 0.6) is 5.75 Å². The van der Waals surface area contributed by atoms with Gasteiger partial charge >= 0.3 is 6.36 Å². The number of alkyl halides is 3. The number of anilines is 2. The maximum atomic E-state index is 12.5. The molecule has 1 aromatic heterocycles. The number of aryl methyl sites for hydroxylation is 2. The fourth-order valence-electron chi connectivity index (χ4n) is 2.77. The van der Waals surface area contributed by atoms with E-state index in [-0.39, 0.29) is 11.4 Å². The molecule has 11 heteroatoms. The zero-order valence-corrected chi connectivity index (χ0v) is 17.6. The maximum Gasteiger partial charge on any atom is 0.573 e. The molecule has 0 spiro atoms. The van der Waals surface area contributed by atoms with Gasteiger partial charge in [0.2, 0.25) is 5.91 Å². The van der Waals surface area contributed by atoms with Crippen molar-refractivity contribution in [1.82, 2.24) is 9.78 Å². The number of carbonyl (C=O) groups is 2. The standard InChI is InChI=1S/C22H19F3N4O4/c1-13-3-4-16(11-14(13)2)27-21(32)18-9-10-20(31)29(28-18)12-19(30)26-15-5-7-17(8-6-15)33-22(23,24)25/h3-11H,12H2,1-2H3,(H,26,30)(H,27,32). The number of ether oxygens (including phenoxy) is 1. The number of hydrogen-bond acceptors (Lipinski definition) is 5. The summed E-state index contributed by atoms with van der Waals surface area (Å²) < 4.78 is 41.2. The van der Waals surface area contributed by atoms with E-state index in [0.29, 0.717) is 5.69 Å². The molecule has 0 saturated carbocycles. The normalized spacial score (nSPS) is 11.1. The minimum Gasteiger partial charge on any atom is -0.406 e. The van der Waals surface area contributed by atoms with E-state index in [1.807, 2.05) is 19.9 Å². The fourth-order valence-corrected chi connectivity index (χ4v) is 2.77. The Labute approximate surface area is 186 Å². The highest BCUT2D eigenvalue weighted by atomic mass is 19.4. The lowest BCUT2D eigenvalue weighted by molar-refractivity contribution is -0.274. The minimum atomic E-state index is -4.83. The van der Waals surface area contributed by atoms with E-state index in [0.717, 1.165) is 34.0 Å².